The Balaban J connectivity index is 0.000000572. The normalized spacial score (nSPS) is 15.6. The number of rotatable bonds is 7. The minimum Gasteiger partial charge on any atom is -0.475 e. The van der Waals surface area contributed by atoms with Crippen molar-refractivity contribution in [1.29, 1.82) is 0 Å². The lowest BCUT2D eigenvalue weighted by atomic mass is 9.86. The Labute approximate surface area is 202 Å². The van der Waals surface area contributed by atoms with Gasteiger partial charge in [0, 0.05) is 11.9 Å². The van der Waals surface area contributed by atoms with Crippen LogP contribution in [-0.2, 0) is 20.2 Å². The van der Waals surface area contributed by atoms with Gasteiger partial charge in [-0.05, 0) is 56.6 Å². The predicted molar refractivity (Wildman–Crippen MR) is 118 cm³/mol. The first-order valence-electron chi connectivity index (χ1n) is 10.4. The number of nitrogens with two attached hydrogens (primary N) is 1. The number of carbonyl (C=O) groups excluding carboxylic acids is 1. The molecule has 1 saturated heterocycles. The number of carboxylic acid groups (broad SMARTS) is 1. The minimum atomic E-state index is -5.08. The number of benzene rings is 1. The zero-order valence-electron chi connectivity index (χ0n) is 18.8. The van der Waals surface area contributed by atoms with E-state index in [2.05, 4.69) is 22.7 Å². The third kappa shape index (κ3) is 6.69. The molecule has 2 heterocycles. The van der Waals surface area contributed by atoms with E-state index in [-0.39, 0.29) is 16.9 Å². The molecule has 2 aromatic rings. The van der Waals surface area contributed by atoms with Crippen molar-refractivity contribution >= 4 is 33.2 Å². The average Bonchev–Trinajstić information content (AvgIpc) is 3.24. The van der Waals surface area contributed by atoms with Gasteiger partial charge in [0.2, 0.25) is 9.84 Å². The van der Waals surface area contributed by atoms with E-state index in [4.69, 9.17) is 15.6 Å². The van der Waals surface area contributed by atoms with Gasteiger partial charge in [-0.25, -0.2) is 13.2 Å². The molecule has 1 amide bonds. The van der Waals surface area contributed by atoms with Gasteiger partial charge in [-0.1, -0.05) is 6.92 Å². The summed E-state index contributed by atoms with van der Waals surface area (Å²) in [6.07, 6.45) is -0.935. The molecule has 1 aromatic heterocycles. The molecular weight excluding hydrogens is 517 g/mol. The number of carbonyl (C=O) groups is 2. The van der Waals surface area contributed by atoms with Crippen LogP contribution in [-0.4, -0.2) is 60.2 Å². The summed E-state index contributed by atoms with van der Waals surface area (Å²) in [6.45, 7) is 3.73. The van der Waals surface area contributed by atoms with Crippen molar-refractivity contribution in [2.75, 3.05) is 18.4 Å². The number of sulfone groups is 1. The van der Waals surface area contributed by atoms with Gasteiger partial charge in [-0.3, -0.25) is 9.48 Å². The average molecular weight is 541 g/mol. The van der Waals surface area contributed by atoms with Crippen LogP contribution >= 0.6 is 0 Å². The Hall–Kier alpha value is -3.27. The van der Waals surface area contributed by atoms with Gasteiger partial charge in [-0.15, -0.1) is 0 Å². The summed E-state index contributed by atoms with van der Waals surface area (Å²) in [5.41, 5.74) is 5.86. The van der Waals surface area contributed by atoms with Gasteiger partial charge in [0.25, 0.3) is 5.91 Å². The van der Waals surface area contributed by atoms with Crippen molar-refractivity contribution in [2.24, 2.45) is 5.73 Å². The van der Waals surface area contributed by atoms with Crippen molar-refractivity contribution in [2.45, 2.75) is 48.6 Å². The fourth-order valence-corrected chi connectivity index (χ4v) is 4.22. The Morgan fingerprint density at radius 1 is 1.22 bits per heavy atom. The molecule has 5 N–H and O–H groups in total. The van der Waals surface area contributed by atoms with Gasteiger partial charge >= 0.3 is 17.9 Å². The molecule has 10 nitrogen and oxygen atoms in total. The number of nitrogens with zero attached hydrogens (tertiary/aromatic N) is 2. The second-order valence-electron chi connectivity index (χ2n) is 7.79. The zero-order valence-corrected chi connectivity index (χ0v) is 19.7. The van der Waals surface area contributed by atoms with Gasteiger partial charge in [0.15, 0.2) is 5.82 Å². The Morgan fingerprint density at radius 2 is 1.75 bits per heavy atom. The van der Waals surface area contributed by atoms with Gasteiger partial charge in [-0.2, -0.15) is 27.1 Å². The van der Waals surface area contributed by atoms with E-state index < -0.39 is 38.5 Å². The summed E-state index contributed by atoms with van der Waals surface area (Å²) in [5.74, 6) is -6.68. The summed E-state index contributed by atoms with van der Waals surface area (Å²) in [7, 11) is -4.67. The first-order valence-corrected chi connectivity index (χ1v) is 12.0. The van der Waals surface area contributed by atoms with E-state index in [1.807, 2.05) is 0 Å². The smallest absolute Gasteiger partial charge is 0.475 e. The summed E-state index contributed by atoms with van der Waals surface area (Å²) in [6, 6.07) is 4.81. The highest BCUT2D eigenvalue weighted by molar-refractivity contribution is 7.91. The third-order valence-corrected chi connectivity index (χ3v) is 6.98. The molecule has 0 bridgehead atoms. The molecule has 36 heavy (non-hydrogen) atoms. The van der Waals surface area contributed by atoms with Crippen molar-refractivity contribution in [1.82, 2.24) is 15.1 Å². The van der Waals surface area contributed by atoms with E-state index >= 15 is 0 Å². The number of hydrogen-bond donors (Lipinski definition) is 4. The van der Waals surface area contributed by atoms with Crippen LogP contribution in [0, 0.1) is 0 Å². The first-order chi connectivity index (χ1) is 16.6. The Morgan fingerprint density at radius 3 is 2.17 bits per heavy atom. The number of amides is 1. The monoisotopic (exact) mass is 541 g/mol. The second-order valence-corrected chi connectivity index (χ2v) is 9.70. The lowest BCUT2D eigenvalue weighted by molar-refractivity contribution is -0.192. The number of hydrogen-bond acceptors (Lipinski definition) is 7. The maximum atomic E-state index is 12.7. The van der Waals surface area contributed by atoms with Gasteiger partial charge < -0.3 is 21.5 Å². The summed E-state index contributed by atoms with van der Waals surface area (Å²) in [5, 5.41) is 17.9. The maximum Gasteiger partial charge on any atom is 0.490 e. The molecule has 1 aromatic carbocycles. The number of aromatic nitrogens is 2. The van der Waals surface area contributed by atoms with E-state index in [0.717, 1.165) is 44.5 Å². The Bertz CT molecular complexity index is 1180. The predicted octanol–water partition coefficient (Wildman–Crippen LogP) is 2.84. The third-order valence-electron chi connectivity index (χ3n) is 5.58. The van der Waals surface area contributed by atoms with Crippen LogP contribution in [0.4, 0.5) is 33.5 Å². The molecule has 16 heteroatoms. The van der Waals surface area contributed by atoms with Gasteiger partial charge in [0.05, 0.1) is 10.4 Å². The van der Waals surface area contributed by atoms with Crippen molar-refractivity contribution in [3.63, 3.8) is 0 Å². The van der Waals surface area contributed by atoms with E-state index in [1.165, 1.54) is 12.1 Å². The molecular formula is C20H24F5N5O5S. The van der Waals surface area contributed by atoms with Crippen molar-refractivity contribution in [3.05, 3.63) is 36.0 Å². The number of aliphatic carboxylic acids is 1. The molecule has 200 valence electrons. The molecule has 0 radical (unpaired) electrons. The molecule has 0 atom stereocenters. The molecule has 0 unspecified atom stereocenters. The number of anilines is 2. The number of primary amides is 1. The molecule has 1 aliphatic heterocycles. The van der Waals surface area contributed by atoms with E-state index in [1.54, 1.807) is 10.9 Å². The first kappa shape index (κ1) is 29.0. The van der Waals surface area contributed by atoms with Crippen LogP contribution in [0.15, 0.2) is 35.4 Å². The fraction of sp³-hybridized carbons (Fsp3) is 0.450. The van der Waals surface area contributed by atoms with Crippen LogP contribution < -0.4 is 16.4 Å². The molecule has 0 aliphatic carbocycles. The number of halogens is 5. The van der Waals surface area contributed by atoms with Crippen LogP contribution in [0.3, 0.4) is 0 Å². The molecule has 0 saturated carbocycles. The summed E-state index contributed by atoms with van der Waals surface area (Å²) < 4.78 is 81.9. The molecule has 1 aliphatic rings. The van der Waals surface area contributed by atoms with Gasteiger partial charge in [0.1, 0.15) is 5.56 Å². The largest absolute Gasteiger partial charge is 0.490 e. The minimum absolute atomic E-state index is 0.195. The summed E-state index contributed by atoms with van der Waals surface area (Å²) in [4.78, 5) is 20.3. The van der Waals surface area contributed by atoms with Crippen LogP contribution in [0.25, 0.3) is 0 Å². The lowest BCUT2D eigenvalue weighted by Crippen LogP contribution is -2.44. The second kappa shape index (κ2) is 11.2. The number of alkyl halides is 5. The highest BCUT2D eigenvalue weighted by Gasteiger charge is 2.38. The molecule has 1 fully saturated rings. The number of carboxylic acids is 1. The quantitative estimate of drug-likeness (QED) is 0.390. The highest BCUT2D eigenvalue weighted by atomic mass is 32.2. The SMILES string of the molecule is CCC1(n2cc(C(N)=O)c(Nc3ccc(S(=O)(=O)C(F)F)cc3)n2)CCNCC1.O=C(O)C(F)(F)F. The van der Waals surface area contributed by atoms with Crippen LogP contribution in [0.5, 0.6) is 0 Å². The standard InChI is InChI=1S/C18H23F2N5O3S.C2HF3O2/c1-2-18(7-9-22-10-8-18)25-11-14(15(21)26)16(24-25)23-12-3-5-13(6-4-12)29(27,28)17(19)20;3-2(4,5)1(6)7/h3-6,11,17,22H,2,7-10H2,1H3,(H2,21,26)(H,23,24);(H,6,7). The fourth-order valence-electron chi connectivity index (χ4n) is 3.49. The number of piperidine rings is 1. The van der Waals surface area contributed by atoms with E-state index in [9.17, 15) is 35.2 Å². The van der Waals surface area contributed by atoms with Crippen LogP contribution in [0.1, 0.15) is 36.5 Å². The molecule has 0 spiro atoms. The zero-order chi connectivity index (χ0) is 27.3. The van der Waals surface area contributed by atoms with Crippen molar-refractivity contribution < 1.29 is 45.1 Å². The van der Waals surface area contributed by atoms with Crippen molar-refractivity contribution in [3.8, 4) is 0 Å². The number of nitrogens with one attached hydrogen (secondary N) is 2. The molecule has 3 rings (SSSR count). The Kier molecular flexibility index (Phi) is 9.01. The maximum absolute atomic E-state index is 12.7. The van der Waals surface area contributed by atoms with E-state index in [0.29, 0.717) is 5.69 Å². The lowest BCUT2D eigenvalue weighted by Gasteiger charge is -2.37. The van der Waals surface area contributed by atoms with Crippen LogP contribution in [0.2, 0.25) is 0 Å². The topological polar surface area (TPSA) is 156 Å². The summed E-state index contributed by atoms with van der Waals surface area (Å²) >= 11 is 0. The highest BCUT2D eigenvalue weighted by Crippen LogP contribution is 2.33.